The minimum atomic E-state index is -0.362. The maximum Gasteiger partial charge on any atom is 0.420 e. The van der Waals surface area contributed by atoms with Gasteiger partial charge in [-0.05, 0) is 17.7 Å². The summed E-state index contributed by atoms with van der Waals surface area (Å²) in [7, 11) is 0. The molecule has 3 rings (SSSR count). The summed E-state index contributed by atoms with van der Waals surface area (Å²) in [5, 5.41) is 0. The fraction of sp³-hybridized carbons (Fsp3) is 0.0714. The lowest BCUT2D eigenvalue weighted by molar-refractivity contribution is 0.518. The van der Waals surface area contributed by atoms with Gasteiger partial charge < -0.3 is 10.2 Å². The van der Waals surface area contributed by atoms with Crippen molar-refractivity contribution in [1.82, 2.24) is 4.57 Å². The fourth-order valence-corrected chi connectivity index (χ4v) is 2.00. The van der Waals surface area contributed by atoms with E-state index in [4.69, 9.17) is 10.2 Å². The topological polar surface area (TPSA) is 61.2 Å². The van der Waals surface area contributed by atoms with Crippen LogP contribution in [0.5, 0.6) is 0 Å². The second-order valence-electron chi connectivity index (χ2n) is 4.17. The molecule has 0 atom stereocenters. The average molecular weight is 240 g/mol. The minimum Gasteiger partial charge on any atom is -0.408 e. The van der Waals surface area contributed by atoms with Crippen molar-refractivity contribution >= 4 is 16.8 Å². The number of anilines is 1. The summed E-state index contributed by atoms with van der Waals surface area (Å²) in [5.74, 6) is -0.362. The summed E-state index contributed by atoms with van der Waals surface area (Å²) in [6.45, 7) is 0.497. The summed E-state index contributed by atoms with van der Waals surface area (Å²) < 4.78 is 6.78. The molecule has 0 saturated carbocycles. The highest BCUT2D eigenvalue weighted by Crippen LogP contribution is 2.17. The number of oxazole rings is 1. The number of nitrogen functional groups attached to an aromatic ring is 1. The van der Waals surface area contributed by atoms with Gasteiger partial charge in [0.15, 0.2) is 5.58 Å². The van der Waals surface area contributed by atoms with Gasteiger partial charge in [0, 0.05) is 11.8 Å². The molecule has 90 valence electrons. The first-order valence-electron chi connectivity index (χ1n) is 5.67. The first-order chi connectivity index (χ1) is 8.74. The molecular formula is C14H12N2O2. The summed E-state index contributed by atoms with van der Waals surface area (Å²) in [6.07, 6.45) is 0. The van der Waals surface area contributed by atoms with E-state index < -0.39 is 0 Å². The monoisotopic (exact) mass is 240 g/mol. The molecule has 4 nitrogen and oxygen atoms in total. The Morgan fingerprint density at radius 3 is 2.67 bits per heavy atom. The van der Waals surface area contributed by atoms with Crippen molar-refractivity contribution in [3.05, 3.63) is 64.6 Å². The summed E-state index contributed by atoms with van der Waals surface area (Å²) >= 11 is 0. The van der Waals surface area contributed by atoms with Gasteiger partial charge in [-0.2, -0.15) is 0 Å². The second kappa shape index (κ2) is 4.07. The number of aromatic nitrogens is 1. The van der Waals surface area contributed by atoms with Gasteiger partial charge in [0.25, 0.3) is 0 Å². The average Bonchev–Trinajstić information content (AvgIpc) is 2.66. The van der Waals surface area contributed by atoms with E-state index in [-0.39, 0.29) is 5.76 Å². The van der Waals surface area contributed by atoms with Crippen molar-refractivity contribution in [1.29, 1.82) is 0 Å². The molecule has 0 radical (unpaired) electrons. The predicted octanol–water partition coefficient (Wildman–Crippen LogP) is 2.23. The van der Waals surface area contributed by atoms with E-state index in [1.54, 1.807) is 22.8 Å². The third-order valence-electron chi connectivity index (χ3n) is 2.88. The Kier molecular flexibility index (Phi) is 2.41. The zero-order valence-corrected chi connectivity index (χ0v) is 9.67. The van der Waals surface area contributed by atoms with Gasteiger partial charge in [-0.3, -0.25) is 4.57 Å². The van der Waals surface area contributed by atoms with Crippen molar-refractivity contribution in [3.63, 3.8) is 0 Å². The summed E-state index contributed by atoms with van der Waals surface area (Å²) in [6, 6.07) is 15.0. The van der Waals surface area contributed by atoms with Gasteiger partial charge in [0.1, 0.15) is 0 Å². The van der Waals surface area contributed by atoms with Crippen LogP contribution in [0.3, 0.4) is 0 Å². The first-order valence-corrected chi connectivity index (χ1v) is 5.67. The van der Waals surface area contributed by atoms with Crippen molar-refractivity contribution < 1.29 is 4.42 Å². The van der Waals surface area contributed by atoms with Gasteiger partial charge in [-0.15, -0.1) is 0 Å². The maximum absolute atomic E-state index is 11.8. The van der Waals surface area contributed by atoms with E-state index in [1.807, 2.05) is 30.3 Å². The standard InChI is InChI=1S/C14H12N2O2/c15-11-6-7-12-13(8-11)18-14(17)16(12)9-10-4-2-1-3-5-10/h1-8H,9,15H2. The van der Waals surface area contributed by atoms with E-state index in [2.05, 4.69) is 0 Å². The van der Waals surface area contributed by atoms with Crippen LogP contribution in [0.4, 0.5) is 5.69 Å². The molecule has 0 aliphatic rings. The SMILES string of the molecule is Nc1ccc2c(c1)oc(=O)n2Cc1ccccc1. The van der Waals surface area contributed by atoms with Crippen LogP contribution in [-0.4, -0.2) is 4.57 Å². The molecule has 4 heteroatoms. The van der Waals surface area contributed by atoms with Crippen LogP contribution >= 0.6 is 0 Å². The van der Waals surface area contributed by atoms with E-state index in [1.165, 1.54) is 0 Å². The molecule has 0 amide bonds. The lowest BCUT2D eigenvalue weighted by atomic mass is 10.2. The van der Waals surface area contributed by atoms with Crippen LogP contribution in [-0.2, 0) is 6.54 Å². The Morgan fingerprint density at radius 1 is 1.11 bits per heavy atom. The van der Waals surface area contributed by atoms with E-state index in [9.17, 15) is 4.79 Å². The number of nitrogens with zero attached hydrogens (tertiary/aromatic N) is 1. The van der Waals surface area contributed by atoms with Crippen molar-refractivity contribution in [3.8, 4) is 0 Å². The van der Waals surface area contributed by atoms with Crippen LogP contribution in [0.2, 0.25) is 0 Å². The number of rotatable bonds is 2. The third-order valence-corrected chi connectivity index (χ3v) is 2.88. The highest BCUT2D eigenvalue weighted by molar-refractivity contribution is 5.76. The molecule has 0 bridgehead atoms. The molecule has 0 spiro atoms. The number of fused-ring (bicyclic) bond motifs is 1. The predicted molar refractivity (Wildman–Crippen MR) is 70.4 cm³/mol. The smallest absolute Gasteiger partial charge is 0.408 e. The number of hydrogen-bond donors (Lipinski definition) is 1. The molecule has 3 aromatic rings. The molecule has 2 N–H and O–H groups in total. The zero-order valence-electron chi connectivity index (χ0n) is 9.67. The third kappa shape index (κ3) is 1.78. The number of nitrogens with two attached hydrogens (primary N) is 1. The molecule has 2 aromatic carbocycles. The number of benzene rings is 2. The highest BCUT2D eigenvalue weighted by atomic mass is 16.4. The molecular weight excluding hydrogens is 228 g/mol. The van der Waals surface area contributed by atoms with Crippen LogP contribution < -0.4 is 11.5 Å². The van der Waals surface area contributed by atoms with E-state index in [0.717, 1.165) is 11.1 Å². The molecule has 0 fully saturated rings. The lowest BCUT2D eigenvalue weighted by Gasteiger charge is -2.02. The van der Waals surface area contributed by atoms with Crippen molar-refractivity contribution in [2.24, 2.45) is 0 Å². The summed E-state index contributed by atoms with van der Waals surface area (Å²) in [5.41, 5.74) is 8.59. The second-order valence-corrected chi connectivity index (χ2v) is 4.17. The molecule has 1 heterocycles. The van der Waals surface area contributed by atoms with Crippen LogP contribution in [0.25, 0.3) is 11.1 Å². The minimum absolute atomic E-state index is 0.362. The quantitative estimate of drug-likeness (QED) is 0.699. The Balaban J connectivity index is 2.12. The molecule has 0 aliphatic carbocycles. The normalized spacial score (nSPS) is 10.9. The van der Waals surface area contributed by atoms with E-state index >= 15 is 0 Å². The first kappa shape index (κ1) is 10.7. The van der Waals surface area contributed by atoms with E-state index in [0.29, 0.717) is 17.8 Å². The Labute approximate surface area is 103 Å². The lowest BCUT2D eigenvalue weighted by Crippen LogP contribution is -2.14. The van der Waals surface area contributed by atoms with Gasteiger partial charge in [0.05, 0.1) is 12.1 Å². The zero-order chi connectivity index (χ0) is 12.5. The molecule has 0 saturated heterocycles. The van der Waals surface area contributed by atoms with Crippen molar-refractivity contribution in [2.75, 3.05) is 5.73 Å². The largest absolute Gasteiger partial charge is 0.420 e. The number of hydrogen-bond acceptors (Lipinski definition) is 3. The van der Waals surface area contributed by atoms with Gasteiger partial charge in [-0.25, -0.2) is 4.79 Å². The van der Waals surface area contributed by atoms with Crippen LogP contribution in [0.15, 0.2) is 57.7 Å². The maximum atomic E-state index is 11.8. The summed E-state index contributed by atoms with van der Waals surface area (Å²) in [4.78, 5) is 11.8. The fourth-order valence-electron chi connectivity index (χ4n) is 2.00. The van der Waals surface area contributed by atoms with Crippen LogP contribution in [0.1, 0.15) is 5.56 Å². The molecule has 0 aliphatic heterocycles. The molecule has 0 unspecified atom stereocenters. The Morgan fingerprint density at radius 2 is 1.89 bits per heavy atom. The molecule has 1 aromatic heterocycles. The van der Waals surface area contributed by atoms with Crippen LogP contribution in [0, 0.1) is 0 Å². The Hall–Kier alpha value is -2.49. The van der Waals surface area contributed by atoms with Gasteiger partial charge >= 0.3 is 5.76 Å². The van der Waals surface area contributed by atoms with Gasteiger partial charge in [-0.1, -0.05) is 30.3 Å². The Bertz CT molecular complexity index is 741. The van der Waals surface area contributed by atoms with Gasteiger partial charge in [0.2, 0.25) is 0 Å². The molecule has 18 heavy (non-hydrogen) atoms. The highest BCUT2D eigenvalue weighted by Gasteiger charge is 2.09. The van der Waals surface area contributed by atoms with Crippen molar-refractivity contribution in [2.45, 2.75) is 6.54 Å².